The van der Waals surface area contributed by atoms with Crippen molar-refractivity contribution in [3.05, 3.63) is 29.8 Å². The van der Waals surface area contributed by atoms with Crippen LogP contribution in [-0.4, -0.2) is 18.4 Å². The van der Waals surface area contributed by atoms with Crippen LogP contribution in [0.1, 0.15) is 5.56 Å². The SMILES string of the molecule is Cc1ccc(S(=O)(=O)c2c(N)nc(N)nc2N)cc1. The van der Waals surface area contributed by atoms with Crippen molar-refractivity contribution >= 4 is 27.4 Å². The smallest absolute Gasteiger partial charge is 0.224 e. The molecule has 0 fully saturated rings. The highest BCUT2D eigenvalue weighted by Gasteiger charge is 2.25. The zero-order valence-electron chi connectivity index (χ0n) is 10.2. The van der Waals surface area contributed by atoms with Gasteiger partial charge in [-0.05, 0) is 19.1 Å². The van der Waals surface area contributed by atoms with Crippen molar-refractivity contribution in [1.82, 2.24) is 9.97 Å². The highest BCUT2D eigenvalue weighted by atomic mass is 32.2. The van der Waals surface area contributed by atoms with Crippen LogP contribution in [-0.2, 0) is 9.84 Å². The summed E-state index contributed by atoms with van der Waals surface area (Å²) in [4.78, 5) is 7.02. The molecule has 0 aliphatic rings. The molecule has 2 aromatic rings. The Morgan fingerprint density at radius 2 is 1.42 bits per heavy atom. The minimum atomic E-state index is -3.86. The fourth-order valence-electron chi connectivity index (χ4n) is 1.62. The molecule has 0 aliphatic carbocycles. The molecule has 0 bridgehead atoms. The quantitative estimate of drug-likeness (QED) is 0.721. The summed E-state index contributed by atoms with van der Waals surface area (Å²) in [5.74, 6) is -0.686. The van der Waals surface area contributed by atoms with Gasteiger partial charge in [0.2, 0.25) is 15.8 Å². The van der Waals surface area contributed by atoms with Gasteiger partial charge in [-0.2, -0.15) is 9.97 Å². The Hall–Kier alpha value is -2.35. The number of anilines is 3. The van der Waals surface area contributed by atoms with Gasteiger partial charge in [-0.15, -0.1) is 0 Å². The molecule has 0 unspecified atom stereocenters. The lowest BCUT2D eigenvalue weighted by Crippen LogP contribution is -2.13. The van der Waals surface area contributed by atoms with E-state index < -0.39 is 9.84 Å². The summed E-state index contributed by atoms with van der Waals surface area (Å²) < 4.78 is 24.8. The van der Waals surface area contributed by atoms with Gasteiger partial charge in [0.15, 0.2) is 16.5 Å². The van der Waals surface area contributed by atoms with Gasteiger partial charge < -0.3 is 17.2 Å². The zero-order chi connectivity index (χ0) is 14.2. The average Bonchev–Trinajstić information content (AvgIpc) is 2.27. The van der Waals surface area contributed by atoms with Crippen LogP contribution in [0.25, 0.3) is 0 Å². The Morgan fingerprint density at radius 3 is 1.89 bits per heavy atom. The van der Waals surface area contributed by atoms with Gasteiger partial charge in [-0.1, -0.05) is 17.7 Å². The Bertz CT molecular complexity index is 702. The molecule has 1 heterocycles. The van der Waals surface area contributed by atoms with Gasteiger partial charge in [-0.3, -0.25) is 0 Å². The monoisotopic (exact) mass is 279 g/mol. The van der Waals surface area contributed by atoms with E-state index in [0.717, 1.165) is 5.56 Å². The maximum atomic E-state index is 12.4. The highest BCUT2D eigenvalue weighted by molar-refractivity contribution is 7.91. The minimum absolute atomic E-state index is 0.0740. The molecule has 0 radical (unpaired) electrons. The number of benzene rings is 1. The number of sulfone groups is 1. The topological polar surface area (TPSA) is 138 Å². The number of aromatic nitrogens is 2. The second-order valence-corrected chi connectivity index (χ2v) is 5.88. The van der Waals surface area contributed by atoms with Gasteiger partial charge in [-0.25, -0.2) is 8.42 Å². The number of nitrogens with zero attached hydrogens (tertiary/aromatic N) is 2. The Kier molecular flexibility index (Phi) is 3.03. The van der Waals surface area contributed by atoms with Gasteiger partial charge in [0, 0.05) is 0 Å². The lowest BCUT2D eigenvalue weighted by molar-refractivity contribution is 0.596. The van der Waals surface area contributed by atoms with Crippen molar-refractivity contribution in [3.63, 3.8) is 0 Å². The molecule has 0 saturated heterocycles. The van der Waals surface area contributed by atoms with Crippen LogP contribution < -0.4 is 17.2 Å². The maximum absolute atomic E-state index is 12.4. The van der Waals surface area contributed by atoms with E-state index in [2.05, 4.69) is 9.97 Å². The van der Waals surface area contributed by atoms with Crippen LogP contribution in [0.2, 0.25) is 0 Å². The summed E-state index contributed by atoms with van der Waals surface area (Å²) in [6.07, 6.45) is 0. The van der Waals surface area contributed by atoms with E-state index in [1.807, 2.05) is 6.92 Å². The third-order valence-corrected chi connectivity index (χ3v) is 4.38. The summed E-state index contributed by atoms with van der Waals surface area (Å²) in [6, 6.07) is 6.30. The molecule has 1 aromatic heterocycles. The predicted molar refractivity (Wildman–Crippen MR) is 71.9 cm³/mol. The molecule has 0 saturated carbocycles. The first-order valence-corrected chi connectivity index (χ1v) is 6.81. The van der Waals surface area contributed by atoms with Gasteiger partial charge in [0.1, 0.15) is 0 Å². The van der Waals surface area contributed by atoms with Crippen molar-refractivity contribution in [1.29, 1.82) is 0 Å². The zero-order valence-corrected chi connectivity index (χ0v) is 11.0. The van der Waals surface area contributed by atoms with E-state index in [9.17, 15) is 8.42 Å². The largest absolute Gasteiger partial charge is 0.382 e. The van der Waals surface area contributed by atoms with Crippen molar-refractivity contribution in [2.45, 2.75) is 16.7 Å². The van der Waals surface area contributed by atoms with Crippen LogP contribution in [0.15, 0.2) is 34.1 Å². The molecule has 0 spiro atoms. The van der Waals surface area contributed by atoms with E-state index >= 15 is 0 Å². The van der Waals surface area contributed by atoms with Crippen LogP contribution in [0, 0.1) is 6.92 Å². The first kappa shape index (κ1) is 13.1. The van der Waals surface area contributed by atoms with Gasteiger partial charge in [0.25, 0.3) is 0 Å². The van der Waals surface area contributed by atoms with E-state index in [1.54, 1.807) is 12.1 Å². The molecule has 0 aliphatic heterocycles. The molecule has 2 rings (SSSR count). The van der Waals surface area contributed by atoms with Crippen molar-refractivity contribution < 1.29 is 8.42 Å². The standard InChI is InChI=1S/C11H13N5O2S/c1-6-2-4-7(5-3-6)19(17,18)8-9(12)15-11(14)16-10(8)13/h2-5H,1H3,(H6,12,13,14,15,16). The Morgan fingerprint density at radius 1 is 0.947 bits per heavy atom. The summed E-state index contributed by atoms with van der Waals surface area (Å²) in [7, 11) is -3.86. The van der Waals surface area contributed by atoms with Crippen LogP contribution in [0.4, 0.5) is 17.6 Å². The van der Waals surface area contributed by atoms with Crippen molar-refractivity contribution in [2.75, 3.05) is 17.2 Å². The fraction of sp³-hybridized carbons (Fsp3) is 0.0909. The lowest BCUT2D eigenvalue weighted by atomic mass is 10.2. The molecule has 6 N–H and O–H groups in total. The number of rotatable bonds is 2. The fourth-order valence-corrected chi connectivity index (χ4v) is 2.99. The number of nitrogen functional groups attached to an aromatic ring is 3. The number of hydrogen-bond donors (Lipinski definition) is 3. The first-order chi connectivity index (χ1) is 8.82. The second-order valence-electron chi connectivity index (χ2n) is 4.00. The predicted octanol–water partition coefficient (Wildman–Crippen LogP) is 0.364. The first-order valence-electron chi connectivity index (χ1n) is 5.32. The normalized spacial score (nSPS) is 11.4. The van der Waals surface area contributed by atoms with E-state index in [4.69, 9.17) is 17.2 Å². The molecular weight excluding hydrogens is 266 g/mol. The summed E-state index contributed by atoms with van der Waals surface area (Å²) >= 11 is 0. The molecule has 7 nitrogen and oxygen atoms in total. The Labute approximate surface area is 110 Å². The van der Waals surface area contributed by atoms with Gasteiger partial charge in [0.05, 0.1) is 4.90 Å². The van der Waals surface area contributed by atoms with E-state index in [0.29, 0.717) is 0 Å². The number of nitrogens with two attached hydrogens (primary N) is 3. The van der Waals surface area contributed by atoms with Crippen LogP contribution in [0.5, 0.6) is 0 Å². The molecule has 8 heteroatoms. The molecule has 0 amide bonds. The van der Waals surface area contributed by atoms with E-state index in [1.165, 1.54) is 12.1 Å². The lowest BCUT2D eigenvalue weighted by Gasteiger charge is -2.09. The second kappa shape index (κ2) is 4.39. The summed E-state index contributed by atoms with van der Waals surface area (Å²) in [5.41, 5.74) is 17.5. The highest BCUT2D eigenvalue weighted by Crippen LogP contribution is 2.29. The number of aryl methyl sites for hydroxylation is 1. The van der Waals surface area contributed by atoms with Crippen LogP contribution in [0.3, 0.4) is 0 Å². The van der Waals surface area contributed by atoms with Crippen LogP contribution >= 0.6 is 0 Å². The molecule has 19 heavy (non-hydrogen) atoms. The molecule has 0 atom stereocenters. The third-order valence-electron chi connectivity index (χ3n) is 2.54. The molecule has 1 aromatic carbocycles. The van der Waals surface area contributed by atoms with E-state index in [-0.39, 0.29) is 27.4 Å². The molecule has 100 valence electrons. The Balaban J connectivity index is 2.67. The third kappa shape index (κ3) is 2.29. The van der Waals surface area contributed by atoms with Crippen molar-refractivity contribution in [2.24, 2.45) is 0 Å². The van der Waals surface area contributed by atoms with Crippen molar-refractivity contribution in [3.8, 4) is 0 Å². The number of hydrogen-bond acceptors (Lipinski definition) is 7. The summed E-state index contributed by atoms with van der Waals surface area (Å²) in [6.45, 7) is 1.85. The average molecular weight is 279 g/mol. The minimum Gasteiger partial charge on any atom is -0.382 e. The maximum Gasteiger partial charge on any atom is 0.224 e. The molecular formula is C11H13N5O2S. The summed E-state index contributed by atoms with van der Waals surface area (Å²) in [5, 5.41) is 0. The van der Waals surface area contributed by atoms with Gasteiger partial charge >= 0.3 is 0 Å².